The van der Waals surface area contributed by atoms with Gasteiger partial charge >= 0.3 is 0 Å². The van der Waals surface area contributed by atoms with Crippen LogP contribution < -0.4 is 0 Å². The molecule has 0 amide bonds. The van der Waals surface area contributed by atoms with Gasteiger partial charge in [-0.1, -0.05) is 152 Å². The lowest BCUT2D eigenvalue weighted by molar-refractivity contribution is 1.63. The van der Waals surface area contributed by atoms with E-state index in [1.165, 1.54) is 106 Å². The molecule has 2 heteroatoms. The molecular weight excluding hydrogens is 641 g/mol. The maximum atomic E-state index is 2.41. The van der Waals surface area contributed by atoms with Crippen molar-refractivity contribution in [2.24, 2.45) is 0 Å². The predicted octanol–water partition coefficient (Wildman–Crippen LogP) is 14.9. The van der Waals surface area contributed by atoms with Crippen LogP contribution in [0.3, 0.4) is 0 Å². The van der Waals surface area contributed by atoms with Gasteiger partial charge in [0.1, 0.15) is 0 Å². The van der Waals surface area contributed by atoms with Crippen LogP contribution in [0.15, 0.2) is 170 Å². The van der Waals surface area contributed by atoms with Gasteiger partial charge in [0.2, 0.25) is 0 Å². The monoisotopic (exact) mass is 668 g/mol. The summed E-state index contributed by atoms with van der Waals surface area (Å²) in [7, 11) is 0. The molecule has 11 aromatic rings. The van der Waals surface area contributed by atoms with Gasteiger partial charge in [-0.25, -0.2) is 0 Å². The summed E-state index contributed by atoms with van der Waals surface area (Å²) in [4.78, 5) is 0. The van der Waals surface area contributed by atoms with Crippen LogP contribution in [0.4, 0.5) is 0 Å². The molecule has 0 fully saturated rings. The quantitative estimate of drug-likeness (QED) is 0.164. The Morgan fingerprint density at radius 2 is 0.840 bits per heavy atom. The van der Waals surface area contributed by atoms with Crippen LogP contribution >= 0.6 is 22.7 Å². The third-order valence-electron chi connectivity index (χ3n) is 10.4. The standard InChI is InChI=1S/C48H28S2/c1-2-12-30(13-3-1)44-36-17-6-8-19-38(36)45(39-20-9-7-18-37(39)44)33-15-10-14-31(27-33)32-22-23-35-40-25-26-42-46(48(40)50-43(35)28-32)41-24-21-29-11-4-5-16-34(29)47(41)49-42/h1-28H. The largest absolute Gasteiger partial charge is 0.134 e. The lowest BCUT2D eigenvalue weighted by Crippen LogP contribution is -1.91. The Hall–Kier alpha value is -5.80. The Morgan fingerprint density at radius 3 is 1.60 bits per heavy atom. The normalized spacial score (nSPS) is 12.0. The molecule has 0 saturated heterocycles. The molecule has 0 radical (unpaired) electrons. The molecule has 0 nitrogen and oxygen atoms in total. The van der Waals surface area contributed by atoms with Crippen LogP contribution in [-0.4, -0.2) is 0 Å². The van der Waals surface area contributed by atoms with Crippen molar-refractivity contribution in [3.8, 4) is 33.4 Å². The predicted molar refractivity (Wildman–Crippen MR) is 221 cm³/mol. The highest BCUT2D eigenvalue weighted by atomic mass is 32.1. The van der Waals surface area contributed by atoms with Crippen molar-refractivity contribution in [3.63, 3.8) is 0 Å². The first-order valence-electron chi connectivity index (χ1n) is 17.1. The van der Waals surface area contributed by atoms with E-state index in [0.29, 0.717) is 0 Å². The molecule has 2 aromatic heterocycles. The average molecular weight is 669 g/mol. The topological polar surface area (TPSA) is 0 Å². The lowest BCUT2D eigenvalue weighted by Gasteiger charge is -2.18. The Bertz CT molecular complexity index is 3080. The summed E-state index contributed by atoms with van der Waals surface area (Å²) in [6.45, 7) is 0. The zero-order valence-corrected chi connectivity index (χ0v) is 28.6. The second-order valence-corrected chi connectivity index (χ2v) is 15.3. The molecule has 0 bridgehead atoms. The second-order valence-electron chi connectivity index (χ2n) is 13.2. The van der Waals surface area contributed by atoms with Crippen LogP contribution in [-0.2, 0) is 0 Å². The van der Waals surface area contributed by atoms with Gasteiger partial charge in [-0.3, -0.25) is 0 Å². The van der Waals surface area contributed by atoms with E-state index in [1.807, 2.05) is 22.7 Å². The second kappa shape index (κ2) is 10.9. The molecule has 2 heterocycles. The number of hydrogen-bond donors (Lipinski definition) is 0. The summed E-state index contributed by atoms with van der Waals surface area (Å²) in [5.74, 6) is 0. The average Bonchev–Trinajstić information content (AvgIpc) is 3.75. The zero-order valence-electron chi connectivity index (χ0n) is 27.0. The van der Waals surface area contributed by atoms with E-state index in [4.69, 9.17) is 0 Å². The van der Waals surface area contributed by atoms with Crippen molar-refractivity contribution in [2.75, 3.05) is 0 Å². The van der Waals surface area contributed by atoms with Crippen molar-refractivity contribution in [3.05, 3.63) is 170 Å². The molecule has 0 atom stereocenters. The summed E-state index contributed by atoms with van der Waals surface area (Å²) in [6.07, 6.45) is 0. The number of fused-ring (bicyclic) bond motifs is 11. The maximum absolute atomic E-state index is 2.41. The highest BCUT2D eigenvalue weighted by molar-refractivity contribution is 7.30. The van der Waals surface area contributed by atoms with Crippen molar-refractivity contribution < 1.29 is 0 Å². The Morgan fingerprint density at radius 1 is 0.280 bits per heavy atom. The highest BCUT2D eigenvalue weighted by Gasteiger charge is 2.18. The Balaban J connectivity index is 1.10. The van der Waals surface area contributed by atoms with Crippen molar-refractivity contribution in [2.45, 2.75) is 0 Å². The van der Waals surface area contributed by atoms with Crippen molar-refractivity contribution in [1.29, 1.82) is 0 Å². The number of benzene rings is 9. The van der Waals surface area contributed by atoms with E-state index >= 15 is 0 Å². The molecule has 0 N–H and O–H groups in total. The first-order chi connectivity index (χ1) is 24.8. The van der Waals surface area contributed by atoms with Gasteiger partial charge < -0.3 is 0 Å². The van der Waals surface area contributed by atoms with Crippen LogP contribution in [0.25, 0.3) is 106 Å². The van der Waals surface area contributed by atoms with Gasteiger partial charge in [-0.05, 0) is 83.9 Å². The van der Waals surface area contributed by atoms with Gasteiger partial charge in [-0.2, -0.15) is 0 Å². The van der Waals surface area contributed by atoms with Gasteiger partial charge in [-0.15, -0.1) is 22.7 Å². The van der Waals surface area contributed by atoms with E-state index < -0.39 is 0 Å². The molecule has 232 valence electrons. The fourth-order valence-electron chi connectivity index (χ4n) is 8.21. The van der Waals surface area contributed by atoms with E-state index in [2.05, 4.69) is 170 Å². The Kier molecular flexibility index (Phi) is 6.09. The number of thiophene rings is 2. The van der Waals surface area contributed by atoms with E-state index in [9.17, 15) is 0 Å². The molecule has 50 heavy (non-hydrogen) atoms. The highest BCUT2D eigenvalue weighted by Crippen LogP contribution is 2.48. The molecule has 0 aliphatic rings. The van der Waals surface area contributed by atoms with Crippen LogP contribution in [0, 0.1) is 0 Å². The molecule has 0 unspecified atom stereocenters. The summed E-state index contributed by atoms with van der Waals surface area (Å²) >= 11 is 3.86. The van der Waals surface area contributed by atoms with Crippen LogP contribution in [0.1, 0.15) is 0 Å². The molecule has 0 saturated carbocycles. The first-order valence-corrected chi connectivity index (χ1v) is 18.7. The van der Waals surface area contributed by atoms with Crippen LogP contribution in [0.2, 0.25) is 0 Å². The first kappa shape index (κ1) is 28.1. The minimum Gasteiger partial charge on any atom is -0.134 e. The molecule has 0 aliphatic carbocycles. The lowest BCUT2D eigenvalue weighted by atomic mass is 9.85. The fourth-order valence-corrected chi connectivity index (χ4v) is 10.8. The van der Waals surface area contributed by atoms with Gasteiger partial charge in [0, 0.05) is 40.3 Å². The van der Waals surface area contributed by atoms with Crippen molar-refractivity contribution in [1.82, 2.24) is 0 Å². The molecule has 0 spiro atoms. The van der Waals surface area contributed by atoms with Gasteiger partial charge in [0.25, 0.3) is 0 Å². The summed E-state index contributed by atoms with van der Waals surface area (Å²) in [6, 6.07) is 62.9. The van der Waals surface area contributed by atoms with E-state index in [1.54, 1.807) is 0 Å². The summed E-state index contributed by atoms with van der Waals surface area (Å²) in [5.41, 5.74) is 7.56. The van der Waals surface area contributed by atoms with Crippen molar-refractivity contribution >= 4 is 95.3 Å². The Labute approximate surface area is 297 Å². The summed E-state index contributed by atoms with van der Waals surface area (Å²) < 4.78 is 5.47. The SMILES string of the molecule is c1ccc(-c2c3ccccc3c(-c3cccc(-c4ccc5c(c4)sc4c5ccc5sc6c7ccccc7ccc6c54)c3)c3ccccc23)cc1. The summed E-state index contributed by atoms with van der Waals surface area (Å²) in [5, 5.41) is 13.2. The molecule has 0 aliphatic heterocycles. The fraction of sp³-hybridized carbons (Fsp3) is 0. The minimum atomic E-state index is 1.24. The number of rotatable bonds is 3. The van der Waals surface area contributed by atoms with Crippen LogP contribution in [0.5, 0.6) is 0 Å². The molecular formula is C48H28S2. The van der Waals surface area contributed by atoms with E-state index in [0.717, 1.165) is 0 Å². The van der Waals surface area contributed by atoms with Gasteiger partial charge in [0.15, 0.2) is 0 Å². The van der Waals surface area contributed by atoms with Gasteiger partial charge in [0.05, 0.1) is 0 Å². The molecule has 9 aromatic carbocycles. The smallest absolute Gasteiger partial charge is 0.0448 e. The third kappa shape index (κ3) is 4.10. The maximum Gasteiger partial charge on any atom is 0.0448 e. The third-order valence-corrected chi connectivity index (χ3v) is 12.8. The number of hydrogen-bond acceptors (Lipinski definition) is 2. The molecule has 11 rings (SSSR count). The van der Waals surface area contributed by atoms with E-state index in [-0.39, 0.29) is 0 Å². The zero-order chi connectivity index (χ0) is 32.8. The minimum absolute atomic E-state index is 1.24.